The fourth-order valence-corrected chi connectivity index (χ4v) is 4.66. The summed E-state index contributed by atoms with van der Waals surface area (Å²) in [6.07, 6.45) is 1.35. The highest BCUT2D eigenvalue weighted by Crippen LogP contribution is 2.31. The summed E-state index contributed by atoms with van der Waals surface area (Å²) in [4.78, 5) is 27.7. The van der Waals surface area contributed by atoms with Crippen LogP contribution >= 0.6 is 23.2 Å². The van der Waals surface area contributed by atoms with Crippen molar-refractivity contribution in [3.8, 4) is 0 Å². The van der Waals surface area contributed by atoms with Crippen molar-refractivity contribution < 1.29 is 18.0 Å². The molecule has 0 bridgehead atoms. The molecule has 0 aromatic heterocycles. The third-order valence-electron chi connectivity index (χ3n) is 5.07. The van der Waals surface area contributed by atoms with Gasteiger partial charge in [-0.2, -0.15) is 0 Å². The summed E-state index contributed by atoms with van der Waals surface area (Å²) >= 11 is 12.3. The van der Waals surface area contributed by atoms with Crippen LogP contribution in [0.2, 0.25) is 10.0 Å². The monoisotopic (exact) mass is 513 g/mol. The Morgan fingerprint density at radius 1 is 1.06 bits per heavy atom. The fourth-order valence-electron chi connectivity index (χ4n) is 3.37. The lowest BCUT2D eigenvalue weighted by atomic mass is 10.1. The van der Waals surface area contributed by atoms with Crippen LogP contribution in [0.15, 0.2) is 42.5 Å². The number of halogens is 2. The lowest BCUT2D eigenvalue weighted by molar-refractivity contribution is -0.140. The lowest BCUT2D eigenvalue weighted by Crippen LogP contribution is -2.52. The molecule has 2 amide bonds. The second-order valence-corrected chi connectivity index (χ2v) is 10.4. The summed E-state index contributed by atoms with van der Waals surface area (Å²) in [7, 11) is -3.88. The second-order valence-electron chi connectivity index (χ2n) is 7.69. The highest BCUT2D eigenvalue weighted by molar-refractivity contribution is 7.92. The van der Waals surface area contributed by atoms with Crippen molar-refractivity contribution in [2.45, 2.75) is 39.8 Å². The Kier molecular flexibility index (Phi) is 9.57. The van der Waals surface area contributed by atoms with Gasteiger partial charge in [0.25, 0.3) is 0 Å². The number of likely N-dealkylation sites (N-methyl/N-ethyl adjacent to an activating group) is 1. The van der Waals surface area contributed by atoms with Gasteiger partial charge in [0.1, 0.15) is 12.6 Å². The maximum Gasteiger partial charge on any atom is 0.244 e. The Labute approximate surface area is 205 Å². The van der Waals surface area contributed by atoms with Gasteiger partial charge in [-0.1, -0.05) is 60.0 Å². The van der Waals surface area contributed by atoms with Gasteiger partial charge in [-0.3, -0.25) is 13.9 Å². The van der Waals surface area contributed by atoms with Crippen LogP contribution in [-0.2, 0) is 26.2 Å². The molecule has 1 N–H and O–H groups in total. The number of nitrogens with zero attached hydrogens (tertiary/aromatic N) is 2. The van der Waals surface area contributed by atoms with E-state index in [1.54, 1.807) is 13.8 Å². The number of hydrogen-bond donors (Lipinski definition) is 1. The predicted molar refractivity (Wildman–Crippen MR) is 133 cm³/mol. The highest BCUT2D eigenvalue weighted by Gasteiger charge is 2.32. The molecule has 180 valence electrons. The quantitative estimate of drug-likeness (QED) is 0.519. The first kappa shape index (κ1) is 27.0. The maximum absolute atomic E-state index is 13.5. The number of sulfonamides is 1. The molecule has 2 rings (SSSR count). The van der Waals surface area contributed by atoms with Crippen LogP contribution in [0, 0.1) is 6.92 Å². The van der Waals surface area contributed by atoms with Crippen molar-refractivity contribution in [3.63, 3.8) is 0 Å². The van der Waals surface area contributed by atoms with E-state index in [2.05, 4.69) is 5.32 Å². The van der Waals surface area contributed by atoms with Crippen molar-refractivity contribution in [2.24, 2.45) is 0 Å². The molecule has 0 saturated carbocycles. The molecule has 0 spiro atoms. The summed E-state index contributed by atoms with van der Waals surface area (Å²) < 4.78 is 26.1. The SMILES string of the molecule is CCNC(=O)[C@H](CC)N(Cc1ccc(C)cc1)C(=O)CN(c1cc(Cl)ccc1Cl)S(C)(=O)=O. The van der Waals surface area contributed by atoms with Gasteiger partial charge in [0.15, 0.2) is 0 Å². The highest BCUT2D eigenvalue weighted by atomic mass is 35.5. The van der Waals surface area contributed by atoms with Gasteiger partial charge in [-0.15, -0.1) is 0 Å². The zero-order valence-corrected chi connectivity index (χ0v) is 21.5. The summed E-state index contributed by atoms with van der Waals surface area (Å²) in [6, 6.07) is 11.2. The van der Waals surface area contributed by atoms with E-state index in [1.165, 1.54) is 23.1 Å². The van der Waals surface area contributed by atoms with E-state index < -0.39 is 28.5 Å². The topological polar surface area (TPSA) is 86.8 Å². The van der Waals surface area contributed by atoms with Crippen molar-refractivity contribution >= 4 is 50.7 Å². The molecule has 0 unspecified atom stereocenters. The Bertz CT molecular complexity index is 1090. The van der Waals surface area contributed by atoms with E-state index in [4.69, 9.17) is 23.2 Å². The normalized spacial score (nSPS) is 12.2. The minimum Gasteiger partial charge on any atom is -0.355 e. The van der Waals surface area contributed by atoms with Crippen LogP contribution in [0.4, 0.5) is 5.69 Å². The summed E-state index contributed by atoms with van der Waals surface area (Å²) in [5.41, 5.74) is 1.98. The zero-order valence-electron chi connectivity index (χ0n) is 19.1. The van der Waals surface area contributed by atoms with Crippen LogP contribution in [-0.4, -0.2) is 50.5 Å². The van der Waals surface area contributed by atoms with Gasteiger partial charge in [-0.25, -0.2) is 8.42 Å². The van der Waals surface area contributed by atoms with Crippen molar-refractivity contribution in [3.05, 3.63) is 63.6 Å². The van der Waals surface area contributed by atoms with E-state index >= 15 is 0 Å². The van der Waals surface area contributed by atoms with Crippen molar-refractivity contribution in [1.29, 1.82) is 0 Å². The summed E-state index contributed by atoms with van der Waals surface area (Å²) in [6.45, 7) is 5.58. The number of rotatable bonds is 10. The molecule has 0 aliphatic heterocycles. The molecule has 0 radical (unpaired) electrons. The van der Waals surface area contributed by atoms with Gasteiger partial charge < -0.3 is 10.2 Å². The molecule has 2 aromatic carbocycles. The molecule has 1 atom stereocenters. The molecule has 0 fully saturated rings. The summed E-state index contributed by atoms with van der Waals surface area (Å²) in [5, 5.41) is 3.17. The van der Waals surface area contributed by atoms with Crippen LogP contribution in [0.5, 0.6) is 0 Å². The average Bonchev–Trinajstić information content (AvgIpc) is 2.74. The number of aryl methyl sites for hydroxylation is 1. The van der Waals surface area contributed by atoms with E-state index in [0.29, 0.717) is 13.0 Å². The Morgan fingerprint density at radius 2 is 1.70 bits per heavy atom. The standard InChI is InChI=1S/C23H29Cl2N3O4S/c1-5-20(23(30)26-6-2)27(14-17-9-7-16(3)8-10-17)22(29)15-28(33(4,31)32)21-13-18(24)11-12-19(21)25/h7-13,20H,5-6,14-15H2,1-4H3,(H,26,30)/t20-/m0/s1. The first-order chi connectivity index (χ1) is 15.5. The number of anilines is 1. The lowest BCUT2D eigenvalue weighted by Gasteiger charge is -2.33. The average molecular weight is 514 g/mol. The predicted octanol–water partition coefficient (Wildman–Crippen LogP) is 4.01. The number of amides is 2. The van der Waals surface area contributed by atoms with Gasteiger partial charge in [0.05, 0.1) is 17.0 Å². The molecule has 2 aromatic rings. The van der Waals surface area contributed by atoms with Crippen LogP contribution < -0.4 is 9.62 Å². The second kappa shape index (κ2) is 11.7. The smallest absolute Gasteiger partial charge is 0.244 e. The van der Waals surface area contributed by atoms with Crippen molar-refractivity contribution in [1.82, 2.24) is 10.2 Å². The van der Waals surface area contributed by atoms with E-state index in [0.717, 1.165) is 21.7 Å². The number of hydrogen-bond acceptors (Lipinski definition) is 4. The maximum atomic E-state index is 13.5. The third kappa shape index (κ3) is 7.35. The van der Waals surface area contributed by atoms with Crippen LogP contribution in [0.25, 0.3) is 0 Å². The largest absolute Gasteiger partial charge is 0.355 e. The van der Waals surface area contributed by atoms with E-state index in [9.17, 15) is 18.0 Å². The number of carbonyl (C=O) groups excluding carboxylic acids is 2. The third-order valence-corrected chi connectivity index (χ3v) is 6.75. The Morgan fingerprint density at radius 3 is 2.24 bits per heavy atom. The minimum absolute atomic E-state index is 0.0985. The van der Waals surface area contributed by atoms with Crippen molar-refractivity contribution in [2.75, 3.05) is 23.7 Å². The van der Waals surface area contributed by atoms with E-state index in [1.807, 2.05) is 31.2 Å². The van der Waals surface area contributed by atoms with Gasteiger partial charge in [-0.05, 0) is 44.0 Å². The molecule has 33 heavy (non-hydrogen) atoms. The van der Waals surface area contributed by atoms with Gasteiger partial charge in [0, 0.05) is 18.1 Å². The first-order valence-electron chi connectivity index (χ1n) is 10.5. The minimum atomic E-state index is -3.88. The Balaban J connectivity index is 2.46. The number of nitrogens with one attached hydrogen (secondary N) is 1. The molecular weight excluding hydrogens is 485 g/mol. The number of benzene rings is 2. The van der Waals surface area contributed by atoms with Crippen LogP contribution in [0.1, 0.15) is 31.4 Å². The fraction of sp³-hybridized carbons (Fsp3) is 0.391. The van der Waals surface area contributed by atoms with Gasteiger partial charge >= 0.3 is 0 Å². The first-order valence-corrected chi connectivity index (χ1v) is 13.1. The molecule has 7 nitrogen and oxygen atoms in total. The zero-order chi connectivity index (χ0) is 24.8. The molecule has 0 saturated heterocycles. The molecule has 0 aliphatic rings. The van der Waals surface area contributed by atoms with Gasteiger partial charge in [0.2, 0.25) is 21.8 Å². The Hall–Kier alpha value is -2.29. The van der Waals surface area contributed by atoms with E-state index in [-0.39, 0.29) is 28.2 Å². The molecular formula is C23H29Cl2N3O4S. The summed E-state index contributed by atoms with van der Waals surface area (Å²) in [5.74, 6) is -0.831. The van der Waals surface area contributed by atoms with Crippen LogP contribution in [0.3, 0.4) is 0 Å². The molecule has 0 heterocycles. The molecule has 0 aliphatic carbocycles. The number of carbonyl (C=O) groups is 2. The molecule has 10 heteroatoms.